The maximum absolute atomic E-state index is 4.74. The molecule has 2 aromatic carbocycles. The van der Waals surface area contributed by atoms with Crippen molar-refractivity contribution in [3.8, 4) is 11.3 Å². The van der Waals surface area contributed by atoms with E-state index in [9.17, 15) is 0 Å². The molecule has 0 saturated carbocycles. The molecule has 0 fully saturated rings. The van der Waals surface area contributed by atoms with E-state index in [0.29, 0.717) is 0 Å². The maximum Gasteiger partial charge on any atom is 0.142 e. The topological polar surface area (TPSA) is 50.7 Å². The monoisotopic (exact) mass is 270 g/mol. The van der Waals surface area contributed by atoms with Crippen molar-refractivity contribution < 1.29 is 0 Å². The van der Waals surface area contributed by atoms with Crippen LogP contribution in [0.25, 0.3) is 33.1 Å². The minimum Gasteiger partial charge on any atom is -0.339 e. The van der Waals surface area contributed by atoms with E-state index in [-0.39, 0.29) is 0 Å². The highest BCUT2D eigenvalue weighted by molar-refractivity contribution is 6.15. The van der Waals surface area contributed by atoms with E-state index >= 15 is 0 Å². The standard InChI is InChI=1S/C17H10N4/c1-3-7-12-10(5-1)15-14-16(19-9-18-15)11-6-2-4-8-13(11)21-17(14)20-12/h1-9H,(H,20,21). The maximum atomic E-state index is 4.74. The summed E-state index contributed by atoms with van der Waals surface area (Å²) >= 11 is 0. The Bertz CT molecular complexity index is 1020. The fourth-order valence-corrected chi connectivity index (χ4v) is 2.98. The van der Waals surface area contributed by atoms with E-state index in [2.05, 4.69) is 27.4 Å². The van der Waals surface area contributed by atoms with Gasteiger partial charge in [0.1, 0.15) is 12.1 Å². The second-order valence-corrected chi connectivity index (χ2v) is 5.09. The highest BCUT2D eigenvalue weighted by atomic mass is 15.0. The molecule has 4 heteroatoms. The van der Waals surface area contributed by atoms with Gasteiger partial charge in [0.2, 0.25) is 0 Å². The third-order valence-electron chi connectivity index (χ3n) is 3.91. The lowest BCUT2D eigenvalue weighted by atomic mass is 10.00. The molecule has 5 rings (SSSR count). The van der Waals surface area contributed by atoms with Gasteiger partial charge < -0.3 is 5.32 Å². The molecule has 0 atom stereocenters. The molecule has 0 amide bonds. The summed E-state index contributed by atoms with van der Waals surface area (Å²) in [6.45, 7) is 0. The number of hydrogen-bond donors (Lipinski definition) is 1. The van der Waals surface area contributed by atoms with Gasteiger partial charge in [0.05, 0.1) is 22.1 Å². The second-order valence-electron chi connectivity index (χ2n) is 5.09. The van der Waals surface area contributed by atoms with E-state index < -0.39 is 0 Å². The van der Waals surface area contributed by atoms with Crippen LogP contribution in [0.1, 0.15) is 0 Å². The quantitative estimate of drug-likeness (QED) is 0.433. The van der Waals surface area contributed by atoms with Gasteiger partial charge in [0.15, 0.2) is 0 Å². The number of anilines is 2. The van der Waals surface area contributed by atoms with Crippen LogP contribution in [0, 0.1) is 0 Å². The van der Waals surface area contributed by atoms with Crippen molar-refractivity contribution >= 4 is 33.3 Å². The third-order valence-corrected chi connectivity index (χ3v) is 3.91. The SMILES string of the molecule is c1ccc2c(c1)Nc1nc3ccccc3c3ncnc-2c13. The predicted octanol–water partition coefficient (Wildman–Crippen LogP) is 3.90. The number of nitrogens with one attached hydrogen (secondary N) is 1. The Morgan fingerprint density at radius 2 is 1.71 bits per heavy atom. The molecule has 1 aliphatic rings. The Labute approximate surface area is 120 Å². The summed E-state index contributed by atoms with van der Waals surface area (Å²) in [5.74, 6) is 0.831. The van der Waals surface area contributed by atoms with E-state index in [0.717, 1.165) is 44.6 Å². The largest absolute Gasteiger partial charge is 0.339 e. The normalized spacial score (nSPS) is 12.2. The summed E-state index contributed by atoms with van der Waals surface area (Å²) in [6, 6.07) is 16.2. The van der Waals surface area contributed by atoms with Gasteiger partial charge in [0.25, 0.3) is 0 Å². The van der Waals surface area contributed by atoms with Gasteiger partial charge in [-0.15, -0.1) is 0 Å². The number of pyridine rings is 1. The molecule has 0 saturated heterocycles. The lowest BCUT2D eigenvalue weighted by Gasteiger charge is -2.20. The highest BCUT2D eigenvalue weighted by Crippen LogP contribution is 2.42. The molecule has 3 heterocycles. The summed E-state index contributed by atoms with van der Waals surface area (Å²) in [5, 5.41) is 5.46. The first-order valence-corrected chi connectivity index (χ1v) is 6.82. The van der Waals surface area contributed by atoms with Crippen molar-refractivity contribution in [3.05, 3.63) is 54.9 Å². The van der Waals surface area contributed by atoms with E-state index in [1.807, 2.05) is 36.4 Å². The molecule has 21 heavy (non-hydrogen) atoms. The summed E-state index contributed by atoms with van der Waals surface area (Å²) in [7, 11) is 0. The summed E-state index contributed by atoms with van der Waals surface area (Å²) < 4.78 is 0. The van der Waals surface area contributed by atoms with Crippen LogP contribution in [-0.4, -0.2) is 15.0 Å². The van der Waals surface area contributed by atoms with E-state index in [4.69, 9.17) is 4.98 Å². The molecule has 4 aromatic rings. The van der Waals surface area contributed by atoms with Crippen LogP contribution in [0.5, 0.6) is 0 Å². The molecule has 0 bridgehead atoms. The van der Waals surface area contributed by atoms with Gasteiger partial charge in [-0.2, -0.15) is 0 Å². The van der Waals surface area contributed by atoms with Crippen molar-refractivity contribution in [2.24, 2.45) is 0 Å². The van der Waals surface area contributed by atoms with Crippen molar-refractivity contribution in [2.45, 2.75) is 0 Å². The first-order chi connectivity index (χ1) is 10.4. The first-order valence-electron chi connectivity index (χ1n) is 6.82. The highest BCUT2D eigenvalue weighted by Gasteiger charge is 2.21. The fraction of sp³-hybridized carbons (Fsp3) is 0. The Hall–Kier alpha value is -3.01. The fourth-order valence-electron chi connectivity index (χ4n) is 2.98. The van der Waals surface area contributed by atoms with Crippen LogP contribution in [0.2, 0.25) is 0 Å². The van der Waals surface area contributed by atoms with Gasteiger partial charge in [-0.05, 0) is 12.1 Å². The van der Waals surface area contributed by atoms with Crippen molar-refractivity contribution in [1.82, 2.24) is 15.0 Å². The molecule has 0 unspecified atom stereocenters. The number of aromatic nitrogens is 3. The van der Waals surface area contributed by atoms with Gasteiger partial charge >= 0.3 is 0 Å². The number of benzene rings is 2. The number of hydrogen-bond acceptors (Lipinski definition) is 4. The van der Waals surface area contributed by atoms with E-state index in [1.165, 1.54) is 0 Å². The molecule has 0 aliphatic carbocycles. The lowest BCUT2D eigenvalue weighted by molar-refractivity contribution is 1.21. The molecule has 1 aliphatic heterocycles. The molecule has 4 nitrogen and oxygen atoms in total. The van der Waals surface area contributed by atoms with Gasteiger partial charge in [-0.1, -0.05) is 36.4 Å². The molecule has 1 N–H and O–H groups in total. The number of para-hydroxylation sites is 2. The van der Waals surface area contributed by atoms with Crippen LogP contribution in [0.4, 0.5) is 11.5 Å². The molecule has 0 radical (unpaired) electrons. The van der Waals surface area contributed by atoms with Crippen molar-refractivity contribution in [3.63, 3.8) is 0 Å². The van der Waals surface area contributed by atoms with Crippen LogP contribution < -0.4 is 5.32 Å². The zero-order chi connectivity index (χ0) is 13.8. The Balaban J connectivity index is 2.04. The zero-order valence-electron chi connectivity index (χ0n) is 11.0. The number of nitrogens with zero attached hydrogens (tertiary/aromatic N) is 3. The molecule has 98 valence electrons. The Kier molecular flexibility index (Phi) is 1.92. The average Bonchev–Trinajstić information content (AvgIpc) is 2.55. The third kappa shape index (κ3) is 1.36. The van der Waals surface area contributed by atoms with Gasteiger partial charge in [0, 0.05) is 16.6 Å². The predicted molar refractivity (Wildman–Crippen MR) is 83.6 cm³/mol. The minimum atomic E-state index is 0.831. The molecular formula is C17H10N4. The summed E-state index contributed by atoms with van der Waals surface area (Å²) in [6.07, 6.45) is 1.63. The summed E-state index contributed by atoms with van der Waals surface area (Å²) in [4.78, 5) is 13.7. The molecule has 0 spiro atoms. The summed E-state index contributed by atoms with van der Waals surface area (Å²) in [5.41, 5.74) is 4.96. The van der Waals surface area contributed by atoms with Gasteiger partial charge in [-0.25, -0.2) is 15.0 Å². The van der Waals surface area contributed by atoms with Crippen LogP contribution in [-0.2, 0) is 0 Å². The van der Waals surface area contributed by atoms with Crippen LogP contribution >= 0.6 is 0 Å². The first kappa shape index (κ1) is 10.7. The lowest BCUT2D eigenvalue weighted by Crippen LogP contribution is -2.05. The van der Waals surface area contributed by atoms with Crippen molar-refractivity contribution in [2.75, 3.05) is 5.32 Å². The van der Waals surface area contributed by atoms with Gasteiger partial charge in [-0.3, -0.25) is 0 Å². The van der Waals surface area contributed by atoms with Crippen molar-refractivity contribution in [1.29, 1.82) is 0 Å². The zero-order valence-corrected chi connectivity index (χ0v) is 11.0. The number of fused-ring (bicyclic) bond motifs is 4. The number of rotatable bonds is 0. The average molecular weight is 270 g/mol. The van der Waals surface area contributed by atoms with E-state index in [1.54, 1.807) is 6.33 Å². The van der Waals surface area contributed by atoms with Crippen LogP contribution in [0.15, 0.2) is 54.9 Å². The minimum absolute atomic E-state index is 0.831. The smallest absolute Gasteiger partial charge is 0.142 e. The molecule has 2 aromatic heterocycles. The van der Waals surface area contributed by atoms with Crippen LogP contribution in [0.3, 0.4) is 0 Å². The Morgan fingerprint density at radius 1 is 0.857 bits per heavy atom. The Morgan fingerprint density at radius 3 is 2.71 bits per heavy atom. The molecular weight excluding hydrogens is 260 g/mol. The second kappa shape index (κ2) is 3.76.